The van der Waals surface area contributed by atoms with Gasteiger partial charge in [0.05, 0.1) is 0 Å². The topological polar surface area (TPSA) is 75.4 Å². The molecule has 96 valence electrons. The van der Waals surface area contributed by atoms with Crippen LogP contribution in [-0.4, -0.2) is 38.4 Å². The van der Waals surface area contributed by atoms with Gasteiger partial charge in [0.1, 0.15) is 0 Å². The van der Waals surface area contributed by atoms with E-state index in [1.54, 1.807) is 4.31 Å². The van der Waals surface area contributed by atoms with E-state index in [1.807, 2.05) is 6.92 Å². The van der Waals surface area contributed by atoms with Crippen LogP contribution in [0.1, 0.15) is 39.0 Å². The van der Waals surface area contributed by atoms with Crippen molar-refractivity contribution in [3.8, 4) is 0 Å². The highest BCUT2D eigenvalue weighted by Gasteiger charge is 2.25. The number of hydrogen-bond donors (Lipinski definition) is 2. The maximum atomic E-state index is 12.0. The van der Waals surface area contributed by atoms with E-state index >= 15 is 0 Å². The van der Waals surface area contributed by atoms with Crippen LogP contribution in [0.2, 0.25) is 0 Å². The van der Waals surface area contributed by atoms with Crippen molar-refractivity contribution in [3.63, 3.8) is 0 Å². The summed E-state index contributed by atoms with van der Waals surface area (Å²) in [7, 11) is -3.29. The summed E-state index contributed by atoms with van der Waals surface area (Å²) in [6.45, 7) is 3.78. The van der Waals surface area contributed by atoms with Gasteiger partial charge in [-0.3, -0.25) is 0 Å². The average Bonchev–Trinajstić information content (AvgIpc) is 2.29. The van der Waals surface area contributed by atoms with Crippen molar-refractivity contribution in [1.82, 2.24) is 9.03 Å². The lowest BCUT2D eigenvalue weighted by Gasteiger charge is -2.28. The van der Waals surface area contributed by atoms with E-state index in [1.165, 1.54) is 0 Å². The minimum Gasteiger partial charge on any atom is -0.330 e. The zero-order valence-corrected chi connectivity index (χ0v) is 10.8. The summed E-state index contributed by atoms with van der Waals surface area (Å²) in [4.78, 5) is 0. The van der Waals surface area contributed by atoms with Gasteiger partial charge in [0, 0.05) is 19.1 Å². The molecular formula is C10H23N3O2S. The third-order valence-corrected chi connectivity index (χ3v) is 4.65. The molecule has 0 aromatic heterocycles. The van der Waals surface area contributed by atoms with E-state index in [4.69, 9.17) is 5.73 Å². The number of nitrogens with one attached hydrogen (secondary N) is 1. The van der Waals surface area contributed by atoms with Crippen molar-refractivity contribution in [2.24, 2.45) is 5.73 Å². The Balaban J connectivity index is 2.54. The first-order chi connectivity index (χ1) is 7.60. The minimum atomic E-state index is -3.29. The SMILES string of the molecule is CCC(CCN)NS(=O)(=O)N1CCCCC1. The number of piperidine rings is 1. The van der Waals surface area contributed by atoms with Crippen molar-refractivity contribution in [3.05, 3.63) is 0 Å². The highest BCUT2D eigenvalue weighted by molar-refractivity contribution is 7.87. The molecule has 1 unspecified atom stereocenters. The number of nitrogens with zero attached hydrogens (tertiary/aromatic N) is 1. The van der Waals surface area contributed by atoms with Crippen LogP contribution in [0.25, 0.3) is 0 Å². The van der Waals surface area contributed by atoms with Gasteiger partial charge in [0.25, 0.3) is 10.2 Å². The lowest BCUT2D eigenvalue weighted by atomic mass is 10.2. The van der Waals surface area contributed by atoms with Crippen molar-refractivity contribution in [2.45, 2.75) is 45.1 Å². The molecule has 0 spiro atoms. The fourth-order valence-corrected chi connectivity index (χ4v) is 3.53. The van der Waals surface area contributed by atoms with Gasteiger partial charge < -0.3 is 5.73 Å². The highest BCUT2D eigenvalue weighted by atomic mass is 32.2. The van der Waals surface area contributed by atoms with E-state index in [-0.39, 0.29) is 6.04 Å². The Kier molecular flexibility index (Phi) is 5.68. The molecular weight excluding hydrogens is 226 g/mol. The summed E-state index contributed by atoms with van der Waals surface area (Å²) in [6, 6.07) is -0.0306. The molecule has 5 nitrogen and oxygen atoms in total. The Morgan fingerprint density at radius 2 is 1.94 bits per heavy atom. The zero-order chi connectivity index (χ0) is 12.0. The van der Waals surface area contributed by atoms with Crippen LogP contribution in [0.4, 0.5) is 0 Å². The second kappa shape index (κ2) is 6.54. The van der Waals surface area contributed by atoms with Gasteiger partial charge in [-0.25, -0.2) is 0 Å². The number of nitrogens with two attached hydrogens (primary N) is 1. The van der Waals surface area contributed by atoms with E-state index in [0.717, 1.165) is 25.7 Å². The smallest absolute Gasteiger partial charge is 0.279 e. The minimum absolute atomic E-state index is 0.0306. The summed E-state index contributed by atoms with van der Waals surface area (Å²) in [5, 5.41) is 0. The Morgan fingerprint density at radius 3 is 2.44 bits per heavy atom. The third-order valence-electron chi connectivity index (χ3n) is 2.98. The maximum absolute atomic E-state index is 12.0. The summed E-state index contributed by atoms with van der Waals surface area (Å²) in [5.74, 6) is 0. The molecule has 1 saturated heterocycles. The van der Waals surface area contributed by atoms with Crippen LogP contribution in [0.15, 0.2) is 0 Å². The van der Waals surface area contributed by atoms with Crippen LogP contribution in [0.3, 0.4) is 0 Å². The van der Waals surface area contributed by atoms with Gasteiger partial charge >= 0.3 is 0 Å². The molecule has 16 heavy (non-hydrogen) atoms. The molecule has 0 amide bonds. The highest BCUT2D eigenvalue weighted by Crippen LogP contribution is 2.13. The molecule has 0 saturated carbocycles. The summed E-state index contributed by atoms with van der Waals surface area (Å²) >= 11 is 0. The molecule has 1 rings (SSSR count). The molecule has 0 aromatic rings. The Morgan fingerprint density at radius 1 is 1.31 bits per heavy atom. The van der Waals surface area contributed by atoms with Crippen LogP contribution < -0.4 is 10.5 Å². The molecule has 0 aromatic carbocycles. The number of rotatable bonds is 6. The third kappa shape index (κ3) is 4.01. The second-order valence-electron chi connectivity index (χ2n) is 4.27. The van der Waals surface area contributed by atoms with Gasteiger partial charge in [-0.15, -0.1) is 0 Å². The predicted molar refractivity (Wildman–Crippen MR) is 65.2 cm³/mol. The Hall–Kier alpha value is -0.170. The summed E-state index contributed by atoms with van der Waals surface area (Å²) < 4.78 is 28.3. The molecule has 1 fully saturated rings. The molecule has 6 heteroatoms. The molecule has 1 heterocycles. The molecule has 1 aliphatic heterocycles. The molecule has 0 radical (unpaired) electrons. The summed E-state index contributed by atoms with van der Waals surface area (Å²) in [5.41, 5.74) is 5.45. The lowest BCUT2D eigenvalue weighted by molar-refractivity contribution is 0.337. The van der Waals surface area contributed by atoms with Gasteiger partial charge in [0.2, 0.25) is 0 Å². The fourth-order valence-electron chi connectivity index (χ4n) is 1.94. The van der Waals surface area contributed by atoms with Crippen molar-refractivity contribution in [2.75, 3.05) is 19.6 Å². The van der Waals surface area contributed by atoms with E-state index in [0.29, 0.717) is 26.1 Å². The molecule has 1 atom stereocenters. The average molecular weight is 249 g/mol. The first-order valence-electron chi connectivity index (χ1n) is 6.07. The predicted octanol–water partition coefficient (Wildman–Crippen LogP) is 0.434. The van der Waals surface area contributed by atoms with Gasteiger partial charge in [-0.1, -0.05) is 13.3 Å². The molecule has 3 N–H and O–H groups in total. The van der Waals surface area contributed by atoms with Crippen molar-refractivity contribution < 1.29 is 8.42 Å². The van der Waals surface area contributed by atoms with E-state index < -0.39 is 10.2 Å². The van der Waals surface area contributed by atoms with E-state index in [9.17, 15) is 8.42 Å². The first kappa shape index (κ1) is 13.9. The molecule has 0 aliphatic carbocycles. The molecule has 1 aliphatic rings. The Bertz CT molecular complexity index is 286. The standard InChI is InChI=1S/C10H23N3O2S/c1-2-10(6-7-11)12-16(14,15)13-8-4-3-5-9-13/h10,12H,2-9,11H2,1H3. The van der Waals surface area contributed by atoms with Crippen LogP contribution in [-0.2, 0) is 10.2 Å². The quantitative estimate of drug-likeness (QED) is 0.717. The second-order valence-corrected chi connectivity index (χ2v) is 5.97. The first-order valence-corrected chi connectivity index (χ1v) is 7.51. The van der Waals surface area contributed by atoms with Crippen LogP contribution in [0.5, 0.6) is 0 Å². The monoisotopic (exact) mass is 249 g/mol. The fraction of sp³-hybridized carbons (Fsp3) is 1.00. The van der Waals surface area contributed by atoms with Gasteiger partial charge in [0.15, 0.2) is 0 Å². The van der Waals surface area contributed by atoms with Crippen LogP contribution >= 0.6 is 0 Å². The van der Waals surface area contributed by atoms with Crippen molar-refractivity contribution in [1.29, 1.82) is 0 Å². The Labute approximate surface area is 98.6 Å². The largest absolute Gasteiger partial charge is 0.330 e. The van der Waals surface area contributed by atoms with E-state index in [2.05, 4.69) is 4.72 Å². The zero-order valence-electron chi connectivity index (χ0n) is 9.98. The van der Waals surface area contributed by atoms with Crippen molar-refractivity contribution >= 4 is 10.2 Å². The van der Waals surface area contributed by atoms with Gasteiger partial charge in [-0.05, 0) is 32.2 Å². The maximum Gasteiger partial charge on any atom is 0.279 e. The molecule has 0 bridgehead atoms. The van der Waals surface area contributed by atoms with Crippen LogP contribution in [0, 0.1) is 0 Å². The van der Waals surface area contributed by atoms with Gasteiger partial charge in [-0.2, -0.15) is 17.4 Å². The normalized spacial score (nSPS) is 20.9. The lowest BCUT2D eigenvalue weighted by Crippen LogP contribution is -2.47. The summed E-state index contributed by atoms with van der Waals surface area (Å²) in [6.07, 6.45) is 4.54. The number of hydrogen-bond acceptors (Lipinski definition) is 3.